The van der Waals surface area contributed by atoms with E-state index >= 15 is 0 Å². The number of β-amino-alcohol motifs (C(OH)–C–C–N with tert-alkyl or cyclic N) is 1. The molecule has 17 heavy (non-hydrogen) atoms. The highest BCUT2D eigenvalue weighted by atomic mass is 16.5. The number of rotatable bonds is 4. The third kappa shape index (κ3) is 3.17. The molecule has 0 bridgehead atoms. The molecule has 1 aliphatic heterocycles. The lowest BCUT2D eigenvalue weighted by atomic mass is 9.93. The van der Waals surface area contributed by atoms with E-state index in [0.717, 1.165) is 0 Å². The van der Waals surface area contributed by atoms with E-state index in [1.165, 1.54) is 7.11 Å². The molecule has 0 spiro atoms. The van der Waals surface area contributed by atoms with Crippen molar-refractivity contribution in [3.63, 3.8) is 0 Å². The standard InChI is InChI=1S/C11H19NO5/c1-11(2,10(15)16)6-12-5-7(13)4-8(12)9(14)17-3/h7-8,13H,4-6H2,1-3H3,(H,15,16). The van der Waals surface area contributed by atoms with Crippen LogP contribution in [-0.4, -0.2) is 59.4 Å². The Labute approximate surface area is 100 Å². The lowest BCUT2D eigenvalue weighted by Gasteiger charge is -2.29. The van der Waals surface area contributed by atoms with Gasteiger partial charge in [-0.05, 0) is 13.8 Å². The van der Waals surface area contributed by atoms with Crippen LogP contribution >= 0.6 is 0 Å². The van der Waals surface area contributed by atoms with Crippen LogP contribution in [-0.2, 0) is 14.3 Å². The number of carbonyl (C=O) groups excluding carboxylic acids is 1. The third-order valence-electron chi connectivity index (χ3n) is 3.03. The summed E-state index contributed by atoms with van der Waals surface area (Å²) in [5, 5.41) is 18.6. The Hall–Kier alpha value is -1.14. The van der Waals surface area contributed by atoms with Crippen molar-refractivity contribution in [1.82, 2.24) is 4.90 Å². The Morgan fingerprint density at radius 3 is 2.53 bits per heavy atom. The van der Waals surface area contributed by atoms with Gasteiger partial charge in [-0.25, -0.2) is 0 Å². The third-order valence-corrected chi connectivity index (χ3v) is 3.03. The number of carbonyl (C=O) groups is 2. The first-order valence-electron chi connectivity index (χ1n) is 5.51. The maximum absolute atomic E-state index is 11.5. The molecule has 6 nitrogen and oxygen atoms in total. The minimum Gasteiger partial charge on any atom is -0.481 e. The van der Waals surface area contributed by atoms with Gasteiger partial charge < -0.3 is 14.9 Å². The number of hydrogen-bond donors (Lipinski definition) is 2. The molecule has 0 aromatic carbocycles. The van der Waals surface area contributed by atoms with Gasteiger partial charge in [0.1, 0.15) is 6.04 Å². The van der Waals surface area contributed by atoms with Gasteiger partial charge >= 0.3 is 11.9 Å². The predicted octanol–water partition coefficient (Wildman–Crippen LogP) is -0.295. The smallest absolute Gasteiger partial charge is 0.323 e. The molecule has 0 amide bonds. The number of methoxy groups -OCH3 is 1. The minimum absolute atomic E-state index is 0.208. The molecular formula is C11H19NO5. The Bertz CT molecular complexity index is 315. The highest BCUT2D eigenvalue weighted by Crippen LogP contribution is 2.25. The van der Waals surface area contributed by atoms with E-state index in [2.05, 4.69) is 4.74 Å². The zero-order valence-corrected chi connectivity index (χ0v) is 10.3. The second-order valence-electron chi connectivity index (χ2n) is 5.05. The van der Waals surface area contributed by atoms with Crippen molar-refractivity contribution >= 4 is 11.9 Å². The largest absolute Gasteiger partial charge is 0.481 e. The molecule has 2 atom stereocenters. The number of ether oxygens (including phenoxy) is 1. The number of likely N-dealkylation sites (tertiary alicyclic amines) is 1. The van der Waals surface area contributed by atoms with E-state index in [1.54, 1.807) is 18.7 Å². The maximum Gasteiger partial charge on any atom is 0.323 e. The number of esters is 1. The number of aliphatic carboxylic acids is 1. The molecule has 1 fully saturated rings. The molecule has 1 heterocycles. The van der Waals surface area contributed by atoms with Crippen LogP contribution in [0.2, 0.25) is 0 Å². The van der Waals surface area contributed by atoms with E-state index in [9.17, 15) is 14.7 Å². The number of aliphatic hydroxyl groups excluding tert-OH is 1. The molecular weight excluding hydrogens is 226 g/mol. The van der Waals surface area contributed by atoms with Crippen molar-refractivity contribution < 1.29 is 24.5 Å². The second-order valence-corrected chi connectivity index (χ2v) is 5.05. The molecule has 0 aliphatic carbocycles. The molecule has 0 radical (unpaired) electrons. The summed E-state index contributed by atoms with van der Waals surface area (Å²) in [5.41, 5.74) is -0.962. The SMILES string of the molecule is COC(=O)C1CC(O)CN1CC(C)(C)C(=O)O. The first-order valence-corrected chi connectivity index (χ1v) is 5.51. The number of aliphatic hydroxyl groups is 1. The zero-order valence-electron chi connectivity index (χ0n) is 10.3. The summed E-state index contributed by atoms with van der Waals surface area (Å²) in [4.78, 5) is 24.2. The minimum atomic E-state index is -0.962. The highest BCUT2D eigenvalue weighted by molar-refractivity contribution is 5.77. The van der Waals surface area contributed by atoms with Gasteiger partial charge in [-0.15, -0.1) is 0 Å². The normalized spacial score (nSPS) is 25.9. The van der Waals surface area contributed by atoms with Crippen LogP contribution < -0.4 is 0 Å². The molecule has 2 N–H and O–H groups in total. The average Bonchev–Trinajstić information content (AvgIpc) is 2.57. The number of nitrogens with zero attached hydrogens (tertiary/aromatic N) is 1. The molecule has 0 aromatic rings. The van der Waals surface area contributed by atoms with Crippen LogP contribution in [0.5, 0.6) is 0 Å². The van der Waals surface area contributed by atoms with Gasteiger partial charge in [-0.3, -0.25) is 14.5 Å². The van der Waals surface area contributed by atoms with Crippen LogP contribution in [0.4, 0.5) is 0 Å². The Kier molecular flexibility index (Phi) is 4.11. The van der Waals surface area contributed by atoms with Crippen molar-refractivity contribution in [3.8, 4) is 0 Å². The molecule has 6 heteroatoms. The van der Waals surface area contributed by atoms with Crippen molar-refractivity contribution in [2.45, 2.75) is 32.4 Å². The Morgan fingerprint density at radius 1 is 1.47 bits per heavy atom. The summed E-state index contributed by atoms with van der Waals surface area (Å²) in [6.07, 6.45) is -0.314. The molecule has 0 saturated carbocycles. The van der Waals surface area contributed by atoms with Crippen molar-refractivity contribution in [3.05, 3.63) is 0 Å². The Balaban J connectivity index is 2.75. The van der Waals surface area contributed by atoms with Crippen molar-refractivity contribution in [2.24, 2.45) is 5.41 Å². The number of carboxylic acid groups (broad SMARTS) is 1. The fourth-order valence-electron chi connectivity index (χ4n) is 2.01. The molecule has 98 valence electrons. The van der Waals surface area contributed by atoms with Gasteiger partial charge in [-0.1, -0.05) is 0 Å². The molecule has 1 saturated heterocycles. The summed E-state index contributed by atoms with van der Waals surface area (Å²) >= 11 is 0. The predicted molar refractivity (Wildman–Crippen MR) is 59.4 cm³/mol. The Morgan fingerprint density at radius 2 is 2.06 bits per heavy atom. The quantitative estimate of drug-likeness (QED) is 0.662. The van der Waals surface area contributed by atoms with E-state index in [1.807, 2.05) is 0 Å². The molecule has 2 unspecified atom stereocenters. The maximum atomic E-state index is 11.5. The summed E-state index contributed by atoms with van der Waals surface area (Å²) in [6.45, 7) is 3.69. The van der Waals surface area contributed by atoms with Gasteiger partial charge in [0.05, 0.1) is 18.6 Å². The zero-order chi connectivity index (χ0) is 13.2. The summed E-state index contributed by atoms with van der Waals surface area (Å²) in [7, 11) is 1.29. The fraction of sp³-hybridized carbons (Fsp3) is 0.818. The van der Waals surface area contributed by atoms with Gasteiger partial charge in [0.25, 0.3) is 0 Å². The molecule has 1 rings (SSSR count). The number of hydrogen-bond acceptors (Lipinski definition) is 5. The summed E-state index contributed by atoms with van der Waals surface area (Å²) in [6, 6.07) is -0.548. The van der Waals surface area contributed by atoms with E-state index in [-0.39, 0.29) is 6.54 Å². The summed E-state index contributed by atoms with van der Waals surface area (Å²) < 4.78 is 4.65. The summed E-state index contributed by atoms with van der Waals surface area (Å²) in [5.74, 6) is -1.36. The van der Waals surface area contributed by atoms with Gasteiger partial charge in [-0.2, -0.15) is 0 Å². The van der Waals surface area contributed by atoms with E-state index in [0.29, 0.717) is 13.0 Å². The van der Waals surface area contributed by atoms with Crippen LogP contribution in [0.1, 0.15) is 20.3 Å². The van der Waals surface area contributed by atoms with Gasteiger partial charge in [0.2, 0.25) is 0 Å². The van der Waals surface area contributed by atoms with Crippen LogP contribution in [0.15, 0.2) is 0 Å². The van der Waals surface area contributed by atoms with Crippen molar-refractivity contribution in [2.75, 3.05) is 20.2 Å². The van der Waals surface area contributed by atoms with Gasteiger partial charge in [0, 0.05) is 19.5 Å². The average molecular weight is 245 g/mol. The number of carboxylic acids is 1. The van der Waals surface area contributed by atoms with Gasteiger partial charge in [0.15, 0.2) is 0 Å². The van der Waals surface area contributed by atoms with E-state index in [4.69, 9.17) is 5.11 Å². The van der Waals surface area contributed by atoms with Crippen LogP contribution in [0.25, 0.3) is 0 Å². The fourth-order valence-corrected chi connectivity index (χ4v) is 2.01. The van der Waals surface area contributed by atoms with Crippen LogP contribution in [0, 0.1) is 5.41 Å². The lowest BCUT2D eigenvalue weighted by Crippen LogP contribution is -2.45. The highest BCUT2D eigenvalue weighted by Gasteiger charge is 2.41. The molecule has 0 aromatic heterocycles. The first kappa shape index (κ1) is 13.9. The first-order chi connectivity index (χ1) is 7.77. The second kappa shape index (κ2) is 5.01. The van der Waals surface area contributed by atoms with E-state index < -0.39 is 29.5 Å². The van der Waals surface area contributed by atoms with Crippen molar-refractivity contribution in [1.29, 1.82) is 0 Å². The molecule has 1 aliphatic rings. The van der Waals surface area contributed by atoms with Crippen LogP contribution in [0.3, 0.4) is 0 Å². The monoisotopic (exact) mass is 245 g/mol. The topological polar surface area (TPSA) is 87.1 Å². The lowest BCUT2D eigenvalue weighted by molar-refractivity contribution is -0.152.